The van der Waals surface area contributed by atoms with E-state index in [1.165, 1.54) is 24.3 Å². The maximum Gasteiger partial charge on any atom is 0.309 e. The second-order valence-corrected chi connectivity index (χ2v) is 10.3. The smallest absolute Gasteiger partial charge is 0.309 e. The van der Waals surface area contributed by atoms with E-state index in [1.807, 2.05) is 39.0 Å². The number of hydrogen-bond donors (Lipinski definition) is 0. The van der Waals surface area contributed by atoms with Crippen molar-refractivity contribution in [1.29, 1.82) is 0 Å². The van der Waals surface area contributed by atoms with E-state index in [2.05, 4.69) is 0 Å². The van der Waals surface area contributed by atoms with Gasteiger partial charge in [0.1, 0.15) is 10.6 Å². The molecule has 2 aromatic rings. The summed E-state index contributed by atoms with van der Waals surface area (Å²) in [6.45, 7) is 7.80. The van der Waals surface area contributed by atoms with E-state index in [0.717, 1.165) is 16.7 Å². The number of sulfone groups is 1. The number of halogens is 1. The van der Waals surface area contributed by atoms with Crippen molar-refractivity contribution in [2.75, 3.05) is 6.61 Å². The Morgan fingerprint density at radius 3 is 2.37 bits per heavy atom. The average Bonchev–Trinajstić information content (AvgIpc) is 3.09. The molecule has 1 fully saturated rings. The summed E-state index contributed by atoms with van der Waals surface area (Å²) in [7, 11) is -3.92. The molecule has 1 aliphatic rings. The van der Waals surface area contributed by atoms with Gasteiger partial charge in [-0.25, -0.2) is 12.8 Å². The van der Waals surface area contributed by atoms with Gasteiger partial charge in [0.2, 0.25) is 0 Å². The third kappa shape index (κ3) is 3.55. The van der Waals surface area contributed by atoms with Crippen LogP contribution in [0.25, 0.3) is 0 Å². The lowest BCUT2D eigenvalue weighted by Gasteiger charge is -2.38. The van der Waals surface area contributed by atoms with Crippen molar-refractivity contribution in [3.63, 3.8) is 0 Å². The SMILES string of the molecule is CCOC(=O)[C@H]1CC[C@@](c2ccc(C)cc2C)(S(=O)(=O)c2ccc(F)cc2)[C@@H]1CC. The summed E-state index contributed by atoms with van der Waals surface area (Å²) < 4.78 is 45.8. The molecule has 0 amide bonds. The first-order valence-electron chi connectivity index (χ1n) is 10.4. The van der Waals surface area contributed by atoms with Gasteiger partial charge in [-0.2, -0.15) is 0 Å². The quantitative estimate of drug-likeness (QED) is 0.470. The number of rotatable bonds is 6. The summed E-state index contributed by atoms with van der Waals surface area (Å²) in [5.74, 6) is -1.76. The summed E-state index contributed by atoms with van der Waals surface area (Å²) in [5, 5.41) is 0. The number of carbonyl (C=O) groups is 1. The molecule has 1 aliphatic carbocycles. The van der Waals surface area contributed by atoms with Gasteiger partial charge in [0, 0.05) is 0 Å². The molecule has 0 radical (unpaired) electrons. The topological polar surface area (TPSA) is 60.4 Å². The van der Waals surface area contributed by atoms with Crippen LogP contribution in [0.5, 0.6) is 0 Å². The molecular formula is C24H29FO4S. The molecule has 0 unspecified atom stereocenters. The van der Waals surface area contributed by atoms with Gasteiger partial charge in [0.25, 0.3) is 0 Å². The maximum absolute atomic E-state index is 14.1. The van der Waals surface area contributed by atoms with E-state index in [1.54, 1.807) is 6.92 Å². The molecule has 162 valence electrons. The fraction of sp³-hybridized carbons (Fsp3) is 0.458. The minimum absolute atomic E-state index is 0.0758. The Morgan fingerprint density at radius 2 is 1.80 bits per heavy atom. The molecule has 2 aromatic carbocycles. The summed E-state index contributed by atoms with van der Waals surface area (Å²) >= 11 is 0. The standard InChI is InChI=1S/C24H29FO4S/c1-5-21-20(23(26)29-6-2)13-14-24(21,22-12-7-16(3)15-17(22)4)30(27,28)19-10-8-18(25)9-11-19/h7-12,15,20-21H,5-6,13-14H2,1-4H3/t20-,21+,24+/m0/s1. The monoisotopic (exact) mass is 432 g/mol. The molecule has 3 rings (SSSR count). The fourth-order valence-corrected chi connectivity index (χ4v) is 7.70. The van der Waals surface area contributed by atoms with Gasteiger partial charge in [0.15, 0.2) is 9.84 Å². The third-order valence-electron chi connectivity index (χ3n) is 6.38. The highest BCUT2D eigenvalue weighted by Crippen LogP contribution is 2.56. The van der Waals surface area contributed by atoms with Crippen LogP contribution in [0, 0.1) is 31.5 Å². The number of ether oxygens (including phenoxy) is 1. The van der Waals surface area contributed by atoms with Gasteiger partial charge in [-0.15, -0.1) is 0 Å². The molecule has 0 heterocycles. The highest BCUT2D eigenvalue weighted by Gasteiger charge is 2.59. The zero-order chi connectivity index (χ0) is 22.1. The molecule has 0 aliphatic heterocycles. The minimum atomic E-state index is -3.92. The van der Waals surface area contributed by atoms with Crippen LogP contribution in [0.4, 0.5) is 4.39 Å². The first kappa shape index (κ1) is 22.5. The molecule has 0 N–H and O–H groups in total. The van der Waals surface area contributed by atoms with Gasteiger partial charge in [-0.05, 0) is 74.9 Å². The summed E-state index contributed by atoms with van der Waals surface area (Å²) in [4.78, 5) is 12.8. The highest BCUT2D eigenvalue weighted by molar-refractivity contribution is 7.92. The Hall–Kier alpha value is -2.21. The van der Waals surface area contributed by atoms with Crippen LogP contribution < -0.4 is 0 Å². The first-order valence-corrected chi connectivity index (χ1v) is 11.9. The van der Waals surface area contributed by atoms with Crippen molar-refractivity contribution < 1.29 is 22.3 Å². The van der Waals surface area contributed by atoms with Crippen LogP contribution in [0.3, 0.4) is 0 Å². The van der Waals surface area contributed by atoms with Crippen molar-refractivity contribution in [3.05, 3.63) is 65.0 Å². The van der Waals surface area contributed by atoms with E-state index in [0.29, 0.717) is 19.3 Å². The van der Waals surface area contributed by atoms with E-state index in [-0.39, 0.29) is 17.5 Å². The Morgan fingerprint density at radius 1 is 1.13 bits per heavy atom. The number of esters is 1. The first-order chi connectivity index (χ1) is 14.2. The van der Waals surface area contributed by atoms with Gasteiger partial charge < -0.3 is 4.74 Å². The lowest BCUT2D eigenvalue weighted by molar-refractivity contribution is -0.149. The Labute approximate surface area is 178 Å². The predicted molar refractivity (Wildman–Crippen MR) is 114 cm³/mol. The predicted octanol–water partition coefficient (Wildman–Crippen LogP) is 5.11. The molecule has 1 saturated carbocycles. The summed E-state index contributed by atoms with van der Waals surface area (Å²) in [5.41, 5.74) is 2.64. The van der Waals surface area contributed by atoms with Crippen molar-refractivity contribution in [2.45, 2.75) is 56.6 Å². The Balaban J connectivity index is 2.27. The van der Waals surface area contributed by atoms with Gasteiger partial charge >= 0.3 is 5.97 Å². The van der Waals surface area contributed by atoms with Crippen molar-refractivity contribution in [2.24, 2.45) is 11.8 Å². The average molecular weight is 433 g/mol. The zero-order valence-electron chi connectivity index (χ0n) is 17.9. The summed E-state index contributed by atoms with van der Waals surface area (Å²) in [6, 6.07) is 10.7. The van der Waals surface area contributed by atoms with Gasteiger partial charge in [-0.1, -0.05) is 37.1 Å². The van der Waals surface area contributed by atoms with Crippen molar-refractivity contribution in [3.8, 4) is 0 Å². The van der Waals surface area contributed by atoms with Crippen molar-refractivity contribution in [1.82, 2.24) is 0 Å². The molecular weight excluding hydrogens is 403 g/mol. The molecule has 3 atom stereocenters. The molecule has 0 saturated heterocycles. The molecule has 4 nitrogen and oxygen atoms in total. The fourth-order valence-electron chi connectivity index (χ4n) is 5.15. The Bertz CT molecular complexity index is 1030. The van der Waals surface area contributed by atoms with Crippen LogP contribution >= 0.6 is 0 Å². The number of aryl methyl sites for hydroxylation is 2. The normalized spacial score (nSPS) is 24.0. The van der Waals surface area contributed by atoms with Gasteiger partial charge in [-0.3, -0.25) is 4.79 Å². The lowest BCUT2D eigenvalue weighted by Crippen LogP contribution is -2.42. The largest absolute Gasteiger partial charge is 0.466 e. The van der Waals surface area contributed by atoms with Crippen LogP contribution in [-0.2, 0) is 24.1 Å². The van der Waals surface area contributed by atoms with Gasteiger partial charge in [0.05, 0.1) is 17.4 Å². The van der Waals surface area contributed by atoms with Crippen LogP contribution in [-0.4, -0.2) is 21.0 Å². The third-order valence-corrected chi connectivity index (χ3v) is 8.96. The maximum atomic E-state index is 14.1. The van der Waals surface area contributed by atoms with Crippen molar-refractivity contribution >= 4 is 15.8 Å². The molecule has 6 heteroatoms. The number of benzene rings is 2. The second-order valence-electron chi connectivity index (χ2n) is 8.08. The van der Waals surface area contributed by atoms with E-state index < -0.39 is 32.2 Å². The van der Waals surface area contributed by atoms with E-state index >= 15 is 0 Å². The molecule has 0 aromatic heterocycles. The highest BCUT2D eigenvalue weighted by atomic mass is 32.2. The second kappa shape index (κ2) is 8.50. The van der Waals surface area contributed by atoms with E-state index in [9.17, 15) is 17.6 Å². The zero-order valence-corrected chi connectivity index (χ0v) is 18.8. The molecule has 0 spiro atoms. The summed E-state index contributed by atoms with van der Waals surface area (Å²) in [6.07, 6.45) is 1.26. The van der Waals surface area contributed by atoms with Crippen LogP contribution in [0.15, 0.2) is 47.4 Å². The lowest BCUT2D eigenvalue weighted by atomic mass is 9.80. The Kier molecular flexibility index (Phi) is 6.37. The minimum Gasteiger partial charge on any atom is -0.466 e. The number of carbonyl (C=O) groups excluding carboxylic acids is 1. The number of hydrogen-bond acceptors (Lipinski definition) is 4. The molecule has 0 bridgehead atoms. The van der Waals surface area contributed by atoms with E-state index in [4.69, 9.17) is 4.74 Å². The molecule has 30 heavy (non-hydrogen) atoms. The van der Waals surface area contributed by atoms with Crippen LogP contribution in [0.1, 0.15) is 49.8 Å². The van der Waals surface area contributed by atoms with Crippen LogP contribution in [0.2, 0.25) is 0 Å².